The molecule has 2 nitrogen and oxygen atoms in total. The third kappa shape index (κ3) is 4.36. The lowest BCUT2D eigenvalue weighted by Gasteiger charge is -2.36. The third-order valence-electron chi connectivity index (χ3n) is 3.85. The van der Waals surface area contributed by atoms with Crippen LogP contribution in [0.3, 0.4) is 0 Å². The Kier molecular flexibility index (Phi) is 6.16. The number of hydrogen-bond donors (Lipinski definition) is 1. The first-order valence-corrected chi connectivity index (χ1v) is 8.21. The molecular weight excluding hydrogens is 291 g/mol. The van der Waals surface area contributed by atoms with Crippen LogP contribution in [0.4, 0.5) is 0 Å². The molecule has 1 aromatic rings. The summed E-state index contributed by atoms with van der Waals surface area (Å²) in [5, 5.41) is 4.99. The first kappa shape index (κ1) is 16.1. The van der Waals surface area contributed by atoms with Crippen LogP contribution in [0, 0.1) is 5.92 Å². The van der Waals surface area contributed by atoms with Crippen molar-refractivity contribution in [3.63, 3.8) is 0 Å². The van der Waals surface area contributed by atoms with Crippen LogP contribution in [-0.4, -0.2) is 30.6 Å². The molecule has 1 aromatic carbocycles. The highest BCUT2D eigenvalue weighted by atomic mass is 35.5. The minimum absolute atomic E-state index is 0.631. The van der Waals surface area contributed by atoms with Gasteiger partial charge in [-0.15, -0.1) is 0 Å². The van der Waals surface area contributed by atoms with E-state index in [-0.39, 0.29) is 0 Å². The smallest absolute Gasteiger partial charge is 0.0465 e. The Bertz CT molecular complexity index is 408. The molecule has 1 aliphatic heterocycles. The summed E-state index contributed by atoms with van der Waals surface area (Å²) in [6.07, 6.45) is 2.41. The molecule has 0 bridgehead atoms. The Morgan fingerprint density at radius 1 is 1.20 bits per heavy atom. The monoisotopic (exact) mass is 314 g/mol. The van der Waals surface area contributed by atoms with Crippen LogP contribution in [0.25, 0.3) is 0 Å². The summed E-state index contributed by atoms with van der Waals surface area (Å²) in [5.74, 6) is 0.645. The predicted molar refractivity (Wildman–Crippen MR) is 87.6 cm³/mol. The number of benzene rings is 1. The minimum Gasteiger partial charge on any atom is -0.317 e. The molecule has 20 heavy (non-hydrogen) atoms. The molecule has 1 aliphatic rings. The molecular formula is C16H24Cl2N2. The molecule has 0 spiro atoms. The summed E-state index contributed by atoms with van der Waals surface area (Å²) in [5.41, 5.74) is 1.06. The maximum Gasteiger partial charge on any atom is 0.0465 e. The van der Waals surface area contributed by atoms with E-state index >= 15 is 0 Å². The Balaban J connectivity index is 2.14. The fraction of sp³-hybridized carbons (Fsp3) is 0.625. The highest BCUT2D eigenvalue weighted by Crippen LogP contribution is 2.27. The van der Waals surface area contributed by atoms with E-state index in [1.807, 2.05) is 18.2 Å². The van der Waals surface area contributed by atoms with Gasteiger partial charge in [0.15, 0.2) is 0 Å². The Morgan fingerprint density at radius 2 is 1.80 bits per heavy atom. The molecule has 0 aliphatic carbocycles. The van der Waals surface area contributed by atoms with Gasteiger partial charge in [0.05, 0.1) is 0 Å². The summed E-state index contributed by atoms with van der Waals surface area (Å²) in [6, 6.07) is 6.40. The standard InChI is InChI=1S/C16H24Cl2N2/c1-12(2)10-20(13-6-8-19-9-7-13)11-14-15(17)4-3-5-16(14)18/h3-5,12-13,19H,6-11H2,1-2H3. The number of halogens is 2. The normalized spacial score (nSPS) is 17.1. The van der Waals surface area contributed by atoms with Crippen LogP contribution in [0.2, 0.25) is 10.0 Å². The fourth-order valence-corrected chi connectivity index (χ4v) is 3.39. The summed E-state index contributed by atoms with van der Waals surface area (Å²) >= 11 is 12.7. The molecule has 0 unspecified atom stereocenters. The largest absolute Gasteiger partial charge is 0.317 e. The van der Waals surface area contributed by atoms with Crippen molar-refractivity contribution >= 4 is 23.2 Å². The van der Waals surface area contributed by atoms with Gasteiger partial charge in [0, 0.05) is 34.7 Å². The van der Waals surface area contributed by atoms with Crippen LogP contribution in [0.15, 0.2) is 18.2 Å². The van der Waals surface area contributed by atoms with Crippen molar-refractivity contribution in [2.24, 2.45) is 5.92 Å². The van der Waals surface area contributed by atoms with E-state index in [0.717, 1.165) is 41.8 Å². The summed E-state index contributed by atoms with van der Waals surface area (Å²) in [7, 11) is 0. The number of nitrogens with zero attached hydrogens (tertiary/aromatic N) is 1. The van der Waals surface area contributed by atoms with Crippen LogP contribution in [-0.2, 0) is 6.54 Å². The molecule has 1 fully saturated rings. The zero-order valence-corrected chi connectivity index (χ0v) is 13.8. The molecule has 1 saturated heterocycles. The van der Waals surface area contributed by atoms with E-state index in [4.69, 9.17) is 23.2 Å². The van der Waals surface area contributed by atoms with E-state index in [0.29, 0.717) is 12.0 Å². The predicted octanol–water partition coefficient (Wildman–Crippen LogP) is 4.20. The van der Waals surface area contributed by atoms with Gasteiger partial charge >= 0.3 is 0 Å². The number of rotatable bonds is 5. The van der Waals surface area contributed by atoms with Crippen molar-refractivity contribution in [3.05, 3.63) is 33.8 Å². The van der Waals surface area contributed by atoms with Gasteiger partial charge < -0.3 is 5.32 Å². The average molecular weight is 315 g/mol. The van der Waals surface area contributed by atoms with Gasteiger partial charge in [-0.2, -0.15) is 0 Å². The van der Waals surface area contributed by atoms with E-state index in [1.54, 1.807) is 0 Å². The van der Waals surface area contributed by atoms with Crippen molar-refractivity contribution in [2.45, 2.75) is 39.3 Å². The van der Waals surface area contributed by atoms with Crippen molar-refractivity contribution < 1.29 is 0 Å². The van der Waals surface area contributed by atoms with Gasteiger partial charge in [-0.25, -0.2) is 0 Å². The van der Waals surface area contributed by atoms with Gasteiger partial charge in [0.1, 0.15) is 0 Å². The zero-order chi connectivity index (χ0) is 14.5. The summed E-state index contributed by atoms with van der Waals surface area (Å²) in [6.45, 7) is 8.68. The Labute approximate surface area is 132 Å². The fourth-order valence-electron chi connectivity index (χ4n) is 2.87. The van der Waals surface area contributed by atoms with Gasteiger partial charge in [-0.3, -0.25) is 4.90 Å². The van der Waals surface area contributed by atoms with E-state index in [9.17, 15) is 0 Å². The molecule has 4 heteroatoms. The topological polar surface area (TPSA) is 15.3 Å². The minimum atomic E-state index is 0.631. The Hall–Kier alpha value is -0.280. The second-order valence-corrected chi connectivity index (χ2v) is 6.82. The number of hydrogen-bond acceptors (Lipinski definition) is 2. The zero-order valence-electron chi connectivity index (χ0n) is 12.3. The van der Waals surface area contributed by atoms with Crippen LogP contribution in [0.1, 0.15) is 32.3 Å². The first-order valence-electron chi connectivity index (χ1n) is 7.45. The molecule has 0 aromatic heterocycles. The lowest BCUT2D eigenvalue weighted by atomic mass is 10.0. The van der Waals surface area contributed by atoms with Gasteiger partial charge in [-0.05, 0) is 44.0 Å². The molecule has 0 amide bonds. The molecule has 2 rings (SSSR count). The number of nitrogens with one attached hydrogen (secondary N) is 1. The molecule has 1 N–H and O–H groups in total. The van der Waals surface area contributed by atoms with Crippen LogP contribution in [0.5, 0.6) is 0 Å². The Morgan fingerprint density at radius 3 is 2.35 bits per heavy atom. The number of piperidine rings is 1. The molecule has 1 heterocycles. The lowest BCUT2D eigenvalue weighted by molar-refractivity contribution is 0.137. The molecule has 112 valence electrons. The quantitative estimate of drug-likeness (QED) is 0.876. The molecule has 0 radical (unpaired) electrons. The van der Waals surface area contributed by atoms with Crippen LogP contribution < -0.4 is 5.32 Å². The van der Waals surface area contributed by atoms with Crippen molar-refractivity contribution in [1.82, 2.24) is 10.2 Å². The van der Waals surface area contributed by atoms with Crippen molar-refractivity contribution in [3.8, 4) is 0 Å². The average Bonchev–Trinajstić information content (AvgIpc) is 2.42. The molecule has 0 atom stereocenters. The second-order valence-electron chi connectivity index (χ2n) is 6.00. The van der Waals surface area contributed by atoms with Gasteiger partial charge in [0.25, 0.3) is 0 Å². The van der Waals surface area contributed by atoms with Crippen molar-refractivity contribution in [1.29, 1.82) is 0 Å². The lowest BCUT2D eigenvalue weighted by Crippen LogP contribution is -2.44. The van der Waals surface area contributed by atoms with Gasteiger partial charge in [0.2, 0.25) is 0 Å². The highest BCUT2D eigenvalue weighted by molar-refractivity contribution is 6.35. The maximum atomic E-state index is 6.33. The third-order valence-corrected chi connectivity index (χ3v) is 4.56. The summed E-state index contributed by atoms with van der Waals surface area (Å²) in [4.78, 5) is 2.55. The van der Waals surface area contributed by atoms with Crippen molar-refractivity contribution in [2.75, 3.05) is 19.6 Å². The first-order chi connectivity index (χ1) is 9.58. The van der Waals surface area contributed by atoms with E-state index in [1.165, 1.54) is 12.8 Å². The van der Waals surface area contributed by atoms with E-state index < -0.39 is 0 Å². The molecule has 0 saturated carbocycles. The van der Waals surface area contributed by atoms with Gasteiger partial charge in [-0.1, -0.05) is 43.1 Å². The second kappa shape index (κ2) is 7.65. The highest BCUT2D eigenvalue weighted by Gasteiger charge is 2.23. The SMILES string of the molecule is CC(C)CN(Cc1c(Cl)cccc1Cl)C1CCNCC1. The van der Waals surface area contributed by atoms with E-state index in [2.05, 4.69) is 24.1 Å². The summed E-state index contributed by atoms with van der Waals surface area (Å²) < 4.78 is 0. The maximum absolute atomic E-state index is 6.33. The van der Waals surface area contributed by atoms with Crippen LogP contribution >= 0.6 is 23.2 Å².